The first-order chi connectivity index (χ1) is 8.13. The molecular weight excluding hydrogens is 208 g/mol. The van der Waals surface area contributed by atoms with Crippen LogP contribution in [0.15, 0.2) is 0 Å². The molecule has 2 heteroatoms. The van der Waals surface area contributed by atoms with Crippen LogP contribution in [-0.2, 0) is 0 Å². The Balaban J connectivity index is 2.06. The van der Waals surface area contributed by atoms with Gasteiger partial charge in [0.25, 0.3) is 0 Å². The Morgan fingerprint density at radius 3 is 2.71 bits per heavy atom. The minimum absolute atomic E-state index is 0.693. The van der Waals surface area contributed by atoms with E-state index in [9.17, 15) is 0 Å². The molecule has 2 nitrogen and oxygen atoms in total. The summed E-state index contributed by atoms with van der Waals surface area (Å²) in [5.74, 6) is 0.940. The number of hydrogen-bond donors (Lipinski definition) is 1. The molecule has 0 saturated carbocycles. The van der Waals surface area contributed by atoms with E-state index >= 15 is 0 Å². The van der Waals surface area contributed by atoms with Gasteiger partial charge in [0.2, 0.25) is 0 Å². The van der Waals surface area contributed by atoms with Gasteiger partial charge in [-0.15, -0.1) is 0 Å². The highest BCUT2D eigenvalue weighted by Crippen LogP contribution is 2.22. The summed E-state index contributed by atoms with van der Waals surface area (Å²) in [6.07, 6.45) is 6.86. The summed E-state index contributed by atoms with van der Waals surface area (Å²) >= 11 is 0. The van der Waals surface area contributed by atoms with Crippen LogP contribution >= 0.6 is 0 Å². The Labute approximate surface area is 108 Å². The molecule has 0 aliphatic carbocycles. The minimum Gasteiger partial charge on any atom is -0.315 e. The normalized spacial score (nSPS) is 28.2. The van der Waals surface area contributed by atoms with E-state index < -0.39 is 0 Å². The number of piperidine rings is 1. The second kappa shape index (κ2) is 8.10. The molecule has 1 N–H and O–H groups in total. The van der Waals surface area contributed by atoms with E-state index in [4.69, 9.17) is 0 Å². The van der Waals surface area contributed by atoms with Gasteiger partial charge in [-0.05, 0) is 65.1 Å². The number of rotatable bonds is 7. The summed E-state index contributed by atoms with van der Waals surface area (Å²) in [5.41, 5.74) is 0. The Bertz CT molecular complexity index is 193. The largest absolute Gasteiger partial charge is 0.315 e. The number of likely N-dealkylation sites (tertiary alicyclic amines) is 1. The summed E-state index contributed by atoms with van der Waals surface area (Å²) < 4.78 is 0. The molecular formula is C15H32N2. The Hall–Kier alpha value is -0.0800. The third kappa shape index (κ3) is 5.87. The summed E-state index contributed by atoms with van der Waals surface area (Å²) in [4.78, 5) is 2.69. The van der Waals surface area contributed by atoms with Gasteiger partial charge in [0.05, 0.1) is 0 Å². The fraction of sp³-hybridized carbons (Fsp3) is 1.00. The third-order valence-corrected chi connectivity index (χ3v) is 4.16. The number of unbranched alkanes of at least 4 members (excludes halogenated alkanes) is 1. The van der Waals surface area contributed by atoms with Crippen LogP contribution in [0.1, 0.15) is 59.8 Å². The summed E-state index contributed by atoms with van der Waals surface area (Å²) in [7, 11) is 0. The third-order valence-electron chi connectivity index (χ3n) is 4.16. The highest BCUT2D eigenvalue weighted by Gasteiger charge is 2.21. The maximum absolute atomic E-state index is 3.48. The average Bonchev–Trinajstić information content (AvgIpc) is 2.27. The molecule has 1 heterocycles. The zero-order valence-electron chi connectivity index (χ0n) is 12.3. The van der Waals surface area contributed by atoms with Crippen LogP contribution in [0.4, 0.5) is 0 Å². The molecule has 0 bridgehead atoms. The Morgan fingerprint density at radius 2 is 2.06 bits per heavy atom. The zero-order chi connectivity index (χ0) is 12.7. The van der Waals surface area contributed by atoms with Crippen LogP contribution in [0.2, 0.25) is 0 Å². The lowest BCUT2D eigenvalue weighted by atomic mass is 9.93. The van der Waals surface area contributed by atoms with Gasteiger partial charge in [0.15, 0.2) is 0 Å². The molecule has 0 radical (unpaired) electrons. The average molecular weight is 240 g/mol. The highest BCUT2D eigenvalue weighted by molar-refractivity contribution is 4.76. The number of nitrogens with zero attached hydrogens (tertiary/aromatic N) is 1. The van der Waals surface area contributed by atoms with Gasteiger partial charge >= 0.3 is 0 Å². The second-order valence-corrected chi connectivity index (χ2v) is 5.97. The van der Waals surface area contributed by atoms with Gasteiger partial charge in [0, 0.05) is 12.1 Å². The number of hydrogen-bond acceptors (Lipinski definition) is 2. The van der Waals surface area contributed by atoms with Crippen molar-refractivity contribution in [1.82, 2.24) is 10.2 Å². The zero-order valence-corrected chi connectivity index (χ0v) is 12.3. The van der Waals surface area contributed by atoms with Crippen LogP contribution in [0, 0.1) is 5.92 Å². The molecule has 0 aromatic heterocycles. The van der Waals surface area contributed by atoms with Crippen molar-refractivity contribution in [3.63, 3.8) is 0 Å². The van der Waals surface area contributed by atoms with Crippen molar-refractivity contribution < 1.29 is 0 Å². The molecule has 1 fully saturated rings. The van der Waals surface area contributed by atoms with Crippen molar-refractivity contribution in [2.45, 2.75) is 71.9 Å². The predicted octanol–water partition coefficient (Wildman–Crippen LogP) is 3.28. The molecule has 3 atom stereocenters. The van der Waals surface area contributed by atoms with E-state index in [0.717, 1.165) is 18.5 Å². The second-order valence-electron chi connectivity index (χ2n) is 5.97. The van der Waals surface area contributed by atoms with Crippen molar-refractivity contribution in [3.05, 3.63) is 0 Å². The Morgan fingerprint density at radius 1 is 1.29 bits per heavy atom. The first-order valence-electron chi connectivity index (χ1n) is 7.61. The van der Waals surface area contributed by atoms with Gasteiger partial charge in [-0.1, -0.05) is 20.3 Å². The minimum atomic E-state index is 0.693. The molecule has 0 aromatic rings. The maximum Gasteiger partial charge on any atom is 0.00694 e. The van der Waals surface area contributed by atoms with Crippen LogP contribution in [0.25, 0.3) is 0 Å². The summed E-state index contributed by atoms with van der Waals surface area (Å²) in [6.45, 7) is 13.0. The first-order valence-corrected chi connectivity index (χ1v) is 7.61. The molecule has 17 heavy (non-hydrogen) atoms. The molecule has 1 aliphatic rings. The summed E-state index contributed by atoms with van der Waals surface area (Å²) in [6, 6.07) is 1.50. The maximum atomic E-state index is 3.48. The lowest BCUT2D eigenvalue weighted by Gasteiger charge is -2.36. The molecule has 0 spiro atoms. The van der Waals surface area contributed by atoms with Crippen molar-refractivity contribution in [3.8, 4) is 0 Å². The van der Waals surface area contributed by atoms with Crippen molar-refractivity contribution in [2.75, 3.05) is 19.6 Å². The van der Waals surface area contributed by atoms with E-state index in [-0.39, 0.29) is 0 Å². The monoisotopic (exact) mass is 240 g/mol. The highest BCUT2D eigenvalue weighted by atomic mass is 15.2. The smallest absolute Gasteiger partial charge is 0.00694 e. The predicted molar refractivity (Wildman–Crippen MR) is 76.4 cm³/mol. The van der Waals surface area contributed by atoms with Gasteiger partial charge in [0.1, 0.15) is 0 Å². The molecule has 3 unspecified atom stereocenters. The van der Waals surface area contributed by atoms with Crippen molar-refractivity contribution in [2.24, 2.45) is 5.92 Å². The van der Waals surface area contributed by atoms with Gasteiger partial charge < -0.3 is 10.2 Å². The molecule has 1 saturated heterocycles. The molecule has 0 amide bonds. The van der Waals surface area contributed by atoms with Gasteiger partial charge in [-0.25, -0.2) is 0 Å². The molecule has 1 rings (SSSR count). The van der Waals surface area contributed by atoms with E-state index in [1.807, 2.05) is 0 Å². The standard InChI is InChI=1S/C15H32N2/c1-5-16-14(3)8-6-7-10-17-11-9-13(2)12-15(17)4/h13-16H,5-12H2,1-4H3. The lowest BCUT2D eigenvalue weighted by molar-refractivity contribution is 0.127. The number of nitrogens with one attached hydrogen (secondary N) is 1. The fourth-order valence-corrected chi connectivity index (χ4v) is 3.00. The lowest BCUT2D eigenvalue weighted by Crippen LogP contribution is -2.40. The van der Waals surface area contributed by atoms with Crippen molar-refractivity contribution >= 4 is 0 Å². The fourth-order valence-electron chi connectivity index (χ4n) is 3.00. The van der Waals surface area contributed by atoms with E-state index in [1.54, 1.807) is 0 Å². The van der Waals surface area contributed by atoms with E-state index in [2.05, 4.69) is 37.9 Å². The Kier molecular flexibility index (Phi) is 7.14. The molecule has 1 aliphatic heterocycles. The first kappa shape index (κ1) is 15.0. The van der Waals surface area contributed by atoms with Crippen molar-refractivity contribution in [1.29, 1.82) is 0 Å². The van der Waals surface area contributed by atoms with Crippen LogP contribution in [0.5, 0.6) is 0 Å². The summed E-state index contributed by atoms with van der Waals surface area (Å²) in [5, 5.41) is 3.48. The topological polar surface area (TPSA) is 15.3 Å². The van der Waals surface area contributed by atoms with Crippen LogP contribution in [0.3, 0.4) is 0 Å². The van der Waals surface area contributed by atoms with Gasteiger partial charge in [-0.3, -0.25) is 0 Å². The SMILES string of the molecule is CCNC(C)CCCCN1CCC(C)CC1C. The van der Waals surface area contributed by atoms with Crippen LogP contribution in [-0.4, -0.2) is 36.6 Å². The molecule has 0 aromatic carbocycles. The quantitative estimate of drug-likeness (QED) is 0.687. The van der Waals surface area contributed by atoms with E-state index in [1.165, 1.54) is 45.2 Å². The molecule has 102 valence electrons. The van der Waals surface area contributed by atoms with Crippen LogP contribution < -0.4 is 5.32 Å². The van der Waals surface area contributed by atoms with E-state index in [0.29, 0.717) is 6.04 Å². The van der Waals surface area contributed by atoms with Gasteiger partial charge in [-0.2, -0.15) is 0 Å².